The molecule has 0 amide bonds. The van der Waals surface area contributed by atoms with Crippen LogP contribution in [0.15, 0.2) is 17.5 Å². The number of nitrogens with zero attached hydrogens (tertiary/aromatic N) is 5. The van der Waals surface area contributed by atoms with E-state index in [4.69, 9.17) is 10.5 Å². The van der Waals surface area contributed by atoms with Crippen LogP contribution >= 0.6 is 0 Å². The smallest absolute Gasteiger partial charge is 0.177 e. The van der Waals surface area contributed by atoms with Gasteiger partial charge in [-0.3, -0.25) is 0 Å². The summed E-state index contributed by atoms with van der Waals surface area (Å²) in [5, 5.41) is 10.4. The van der Waals surface area contributed by atoms with Crippen LogP contribution in [0, 0.1) is 5.92 Å². The normalized spacial score (nSPS) is 28.2. The molecule has 2 aliphatic rings. The Labute approximate surface area is 122 Å². The summed E-state index contributed by atoms with van der Waals surface area (Å²) < 4.78 is 7.97. The van der Waals surface area contributed by atoms with Crippen molar-refractivity contribution in [1.82, 2.24) is 14.6 Å². The third-order valence-electron chi connectivity index (χ3n) is 4.29. The maximum absolute atomic E-state index is 6.07. The number of hydrogen-bond donors (Lipinski definition) is 1. The lowest BCUT2D eigenvalue weighted by Crippen LogP contribution is -2.26. The molecule has 21 heavy (non-hydrogen) atoms. The van der Waals surface area contributed by atoms with Crippen molar-refractivity contribution in [1.29, 1.82) is 0 Å². The molecule has 3 atom stereocenters. The van der Waals surface area contributed by atoms with Gasteiger partial charge in [0.05, 0.1) is 11.8 Å². The third-order valence-corrected chi connectivity index (χ3v) is 4.29. The Balaban J connectivity index is 1.96. The van der Waals surface area contributed by atoms with Gasteiger partial charge in [0, 0.05) is 12.6 Å². The highest BCUT2D eigenvalue weighted by molar-refractivity contribution is 6.08. The zero-order valence-electron chi connectivity index (χ0n) is 12.3. The molecular formula is C14H18N6O. The second-order valence-corrected chi connectivity index (χ2v) is 5.92. The molecular weight excluding hydrogens is 268 g/mol. The Morgan fingerprint density at radius 1 is 1.38 bits per heavy atom. The highest BCUT2D eigenvalue weighted by Gasteiger charge is 2.35. The molecule has 2 aliphatic heterocycles. The van der Waals surface area contributed by atoms with Crippen LogP contribution in [0.2, 0.25) is 0 Å². The predicted molar refractivity (Wildman–Crippen MR) is 79.2 cm³/mol. The lowest BCUT2D eigenvalue weighted by molar-refractivity contribution is 0.0415. The second-order valence-electron chi connectivity index (χ2n) is 5.92. The molecule has 0 aliphatic carbocycles. The first-order valence-electron chi connectivity index (χ1n) is 7.16. The molecule has 2 N–H and O–H groups in total. The Hall–Kier alpha value is -2.15. The third kappa shape index (κ3) is 1.67. The van der Waals surface area contributed by atoms with E-state index < -0.39 is 0 Å². The molecule has 110 valence electrons. The van der Waals surface area contributed by atoms with Crippen LogP contribution in [-0.2, 0) is 4.74 Å². The first-order valence-corrected chi connectivity index (χ1v) is 7.16. The molecule has 2 aromatic rings. The average Bonchev–Trinajstić information content (AvgIpc) is 2.97. The van der Waals surface area contributed by atoms with Crippen LogP contribution in [0.1, 0.15) is 37.6 Å². The largest absolute Gasteiger partial charge is 0.382 e. The van der Waals surface area contributed by atoms with E-state index in [1.165, 1.54) is 0 Å². The molecule has 0 saturated carbocycles. The fourth-order valence-electron chi connectivity index (χ4n) is 3.40. The fourth-order valence-corrected chi connectivity index (χ4v) is 3.40. The number of nitrogens with two attached hydrogens (primary N) is 1. The number of amidine groups is 1. The molecule has 0 aromatic carbocycles. The predicted octanol–water partition coefficient (Wildman–Crippen LogP) is 1.29. The number of hydrogen-bond acceptors (Lipinski definition) is 6. The quantitative estimate of drug-likeness (QED) is 0.854. The van der Waals surface area contributed by atoms with Crippen molar-refractivity contribution in [3.8, 4) is 0 Å². The molecule has 1 fully saturated rings. The van der Waals surface area contributed by atoms with Crippen LogP contribution in [0.3, 0.4) is 0 Å². The zero-order chi connectivity index (χ0) is 14.7. The summed E-state index contributed by atoms with van der Waals surface area (Å²) in [7, 11) is 1.83. The number of hydrazone groups is 1. The standard InChI is InChI=1S/C14H18N6O/c1-7-4-8(2)21-12(7)10-5-9-11-14(16-6-17-20(10)11)19(3)18-13(9)15/h5-8,12H,4H2,1-3H3,(H2,15,18). The second kappa shape index (κ2) is 4.17. The number of rotatable bonds is 1. The lowest BCUT2D eigenvalue weighted by atomic mass is 10.00. The van der Waals surface area contributed by atoms with Gasteiger partial charge in [-0.15, -0.1) is 0 Å². The Kier molecular flexibility index (Phi) is 2.50. The van der Waals surface area contributed by atoms with Gasteiger partial charge in [-0.05, 0) is 25.3 Å². The summed E-state index contributed by atoms with van der Waals surface area (Å²) >= 11 is 0. The van der Waals surface area contributed by atoms with E-state index in [0.717, 1.165) is 29.0 Å². The van der Waals surface area contributed by atoms with Crippen LogP contribution in [0.5, 0.6) is 0 Å². The van der Waals surface area contributed by atoms with Gasteiger partial charge in [-0.2, -0.15) is 10.2 Å². The van der Waals surface area contributed by atoms with Crippen molar-refractivity contribution < 1.29 is 4.74 Å². The van der Waals surface area contributed by atoms with Gasteiger partial charge in [0.2, 0.25) is 0 Å². The summed E-state index contributed by atoms with van der Waals surface area (Å²) in [6.07, 6.45) is 2.89. The van der Waals surface area contributed by atoms with Gasteiger partial charge in [-0.1, -0.05) is 6.92 Å². The van der Waals surface area contributed by atoms with E-state index in [2.05, 4.69) is 29.0 Å². The first-order chi connectivity index (χ1) is 10.1. The van der Waals surface area contributed by atoms with Gasteiger partial charge in [0.1, 0.15) is 17.9 Å². The zero-order valence-corrected chi connectivity index (χ0v) is 12.3. The van der Waals surface area contributed by atoms with Crippen molar-refractivity contribution in [2.24, 2.45) is 16.8 Å². The van der Waals surface area contributed by atoms with E-state index >= 15 is 0 Å². The Bertz CT molecular complexity index is 751. The highest BCUT2D eigenvalue weighted by atomic mass is 16.5. The SMILES string of the molecule is CC1CC(C)C(c2cc3c4c(ncnn24)N(C)N=C3N)O1. The van der Waals surface area contributed by atoms with E-state index in [9.17, 15) is 0 Å². The minimum absolute atomic E-state index is 0.0280. The maximum atomic E-state index is 6.07. The van der Waals surface area contributed by atoms with Crippen molar-refractivity contribution in [2.75, 3.05) is 12.1 Å². The van der Waals surface area contributed by atoms with Crippen LogP contribution < -0.4 is 10.7 Å². The minimum Gasteiger partial charge on any atom is -0.382 e. The van der Waals surface area contributed by atoms with Gasteiger partial charge < -0.3 is 10.5 Å². The van der Waals surface area contributed by atoms with E-state index in [-0.39, 0.29) is 12.2 Å². The topological polar surface area (TPSA) is 81.0 Å². The molecule has 3 unspecified atom stereocenters. The molecule has 0 radical (unpaired) electrons. The van der Waals surface area contributed by atoms with Crippen LogP contribution in [0.25, 0.3) is 5.52 Å². The molecule has 7 nitrogen and oxygen atoms in total. The number of anilines is 1. The summed E-state index contributed by atoms with van der Waals surface area (Å²) in [6.45, 7) is 4.31. The lowest BCUT2D eigenvalue weighted by Gasteiger charge is -2.19. The minimum atomic E-state index is 0.0280. The van der Waals surface area contributed by atoms with Crippen molar-refractivity contribution in [3.63, 3.8) is 0 Å². The molecule has 4 heterocycles. The average molecular weight is 286 g/mol. The summed E-state index contributed by atoms with van der Waals surface area (Å²) in [4.78, 5) is 4.32. The molecule has 1 saturated heterocycles. The number of ether oxygens (including phenoxy) is 1. The van der Waals surface area contributed by atoms with Gasteiger partial charge in [-0.25, -0.2) is 14.5 Å². The van der Waals surface area contributed by atoms with Crippen molar-refractivity contribution in [3.05, 3.63) is 23.7 Å². The molecule has 0 spiro atoms. The van der Waals surface area contributed by atoms with Gasteiger partial charge in [0.25, 0.3) is 0 Å². The van der Waals surface area contributed by atoms with Crippen molar-refractivity contribution >= 4 is 17.2 Å². The van der Waals surface area contributed by atoms with Crippen LogP contribution in [0.4, 0.5) is 5.82 Å². The summed E-state index contributed by atoms with van der Waals surface area (Å²) in [5.74, 6) is 1.70. The summed E-state index contributed by atoms with van der Waals surface area (Å²) in [5.41, 5.74) is 8.87. The molecule has 0 bridgehead atoms. The summed E-state index contributed by atoms with van der Waals surface area (Å²) in [6, 6.07) is 2.04. The van der Waals surface area contributed by atoms with E-state index in [1.54, 1.807) is 11.3 Å². The molecule has 2 aromatic heterocycles. The fraction of sp³-hybridized carbons (Fsp3) is 0.500. The molecule has 4 rings (SSSR count). The van der Waals surface area contributed by atoms with Crippen LogP contribution in [-0.4, -0.2) is 33.6 Å². The maximum Gasteiger partial charge on any atom is 0.177 e. The van der Waals surface area contributed by atoms with Gasteiger partial charge in [0.15, 0.2) is 11.7 Å². The first kappa shape index (κ1) is 12.6. The van der Waals surface area contributed by atoms with Gasteiger partial charge >= 0.3 is 0 Å². The molecule has 7 heteroatoms. The van der Waals surface area contributed by atoms with Crippen molar-refractivity contribution in [2.45, 2.75) is 32.5 Å². The Morgan fingerprint density at radius 2 is 2.19 bits per heavy atom. The highest BCUT2D eigenvalue weighted by Crippen LogP contribution is 2.40. The Morgan fingerprint density at radius 3 is 2.90 bits per heavy atom. The number of aromatic nitrogens is 3. The van der Waals surface area contributed by atoms with E-state index in [0.29, 0.717) is 11.8 Å². The van der Waals surface area contributed by atoms with E-state index in [1.807, 2.05) is 17.6 Å². The monoisotopic (exact) mass is 286 g/mol.